The van der Waals surface area contributed by atoms with Gasteiger partial charge in [-0.15, -0.1) is 0 Å². The first-order valence-corrected chi connectivity index (χ1v) is 6.22. The molecular weight excluding hydrogens is 220 g/mol. The Hall–Kier alpha value is -0.290. The minimum Gasteiger partial charge on any atom is -0.475 e. The van der Waals surface area contributed by atoms with Gasteiger partial charge in [-0.3, -0.25) is 4.79 Å². The van der Waals surface area contributed by atoms with Crippen LogP contribution in [0.1, 0.15) is 19.8 Å². The molecule has 3 nitrogen and oxygen atoms in total. The van der Waals surface area contributed by atoms with Gasteiger partial charge in [0.05, 0.1) is 12.5 Å². The molecule has 1 saturated carbocycles. The van der Waals surface area contributed by atoms with E-state index in [0.717, 1.165) is 12.8 Å². The summed E-state index contributed by atoms with van der Waals surface area (Å²) in [6.07, 6.45) is 3.47. The Morgan fingerprint density at radius 3 is 2.71 bits per heavy atom. The molecule has 0 amide bonds. The van der Waals surface area contributed by atoms with E-state index in [0.29, 0.717) is 11.0 Å². The van der Waals surface area contributed by atoms with E-state index in [1.807, 2.05) is 13.2 Å². The summed E-state index contributed by atoms with van der Waals surface area (Å²) in [7, 11) is 0. The molecule has 0 aromatic heterocycles. The van der Waals surface area contributed by atoms with Gasteiger partial charge in [0.1, 0.15) is 6.10 Å². The molecule has 0 unspecified atom stereocenters. The molecule has 0 heterocycles. The Morgan fingerprint density at radius 2 is 2.21 bits per heavy atom. The zero-order chi connectivity index (χ0) is 10.6. The molecule has 5 heteroatoms. The summed E-state index contributed by atoms with van der Waals surface area (Å²) in [6.45, 7) is 2.26. The Bertz CT molecular complexity index is 224. The quantitative estimate of drug-likeness (QED) is 0.551. The second-order valence-corrected chi connectivity index (χ2v) is 4.52. The Morgan fingerprint density at radius 1 is 1.57 bits per heavy atom. The SMILES string of the molecule is CCOC(=O)[C@H]1C[C@H](OC(=S)SC)C1. The molecular formula is C9H14O3S2. The third-order valence-corrected chi connectivity index (χ3v) is 3.17. The second-order valence-electron chi connectivity index (χ2n) is 3.11. The van der Waals surface area contributed by atoms with Crippen LogP contribution in [0.15, 0.2) is 0 Å². The number of carbonyl (C=O) groups is 1. The van der Waals surface area contributed by atoms with Crippen molar-refractivity contribution in [2.75, 3.05) is 12.9 Å². The first-order valence-electron chi connectivity index (χ1n) is 4.58. The number of hydrogen-bond donors (Lipinski definition) is 0. The molecule has 80 valence electrons. The van der Waals surface area contributed by atoms with E-state index in [1.165, 1.54) is 11.8 Å². The lowest BCUT2D eigenvalue weighted by molar-refractivity contribution is -0.154. The van der Waals surface area contributed by atoms with Crippen molar-refractivity contribution in [3.8, 4) is 0 Å². The normalized spacial score (nSPS) is 25.0. The van der Waals surface area contributed by atoms with Crippen molar-refractivity contribution in [1.29, 1.82) is 0 Å². The highest BCUT2D eigenvalue weighted by Gasteiger charge is 2.37. The predicted octanol–water partition coefficient (Wildman–Crippen LogP) is 1.99. The Balaban J connectivity index is 2.17. The summed E-state index contributed by atoms with van der Waals surface area (Å²) in [4.78, 5) is 11.2. The number of esters is 1. The summed E-state index contributed by atoms with van der Waals surface area (Å²) in [5.74, 6) is -0.0907. The van der Waals surface area contributed by atoms with Crippen LogP contribution in [0.2, 0.25) is 0 Å². The molecule has 1 aliphatic carbocycles. The highest BCUT2D eigenvalue weighted by molar-refractivity contribution is 8.22. The first kappa shape index (κ1) is 11.8. The zero-order valence-corrected chi connectivity index (χ0v) is 9.95. The molecule has 0 aliphatic heterocycles. The van der Waals surface area contributed by atoms with E-state index < -0.39 is 0 Å². The van der Waals surface area contributed by atoms with E-state index in [2.05, 4.69) is 0 Å². The number of hydrogen-bond acceptors (Lipinski definition) is 5. The molecule has 1 rings (SSSR count). The smallest absolute Gasteiger partial charge is 0.309 e. The highest BCUT2D eigenvalue weighted by Crippen LogP contribution is 2.32. The van der Waals surface area contributed by atoms with Gasteiger partial charge in [0.25, 0.3) is 0 Å². The Labute approximate surface area is 93.5 Å². The van der Waals surface area contributed by atoms with Crippen LogP contribution in [0.3, 0.4) is 0 Å². The third kappa shape index (κ3) is 3.13. The van der Waals surface area contributed by atoms with Gasteiger partial charge >= 0.3 is 5.97 Å². The van der Waals surface area contributed by atoms with Crippen LogP contribution in [0.25, 0.3) is 0 Å². The van der Waals surface area contributed by atoms with Gasteiger partial charge in [-0.05, 0) is 38.2 Å². The summed E-state index contributed by atoms with van der Waals surface area (Å²) in [5.41, 5.74) is 0. The van der Waals surface area contributed by atoms with Crippen molar-refractivity contribution < 1.29 is 14.3 Å². The van der Waals surface area contributed by atoms with Crippen LogP contribution < -0.4 is 0 Å². The summed E-state index contributed by atoms with van der Waals surface area (Å²) < 4.78 is 10.8. The lowest BCUT2D eigenvalue weighted by atomic mass is 9.82. The fraction of sp³-hybridized carbons (Fsp3) is 0.778. The zero-order valence-electron chi connectivity index (χ0n) is 8.32. The summed E-state index contributed by atoms with van der Waals surface area (Å²) in [5, 5.41) is 0. The van der Waals surface area contributed by atoms with Gasteiger partial charge in [-0.2, -0.15) is 0 Å². The lowest BCUT2D eigenvalue weighted by Crippen LogP contribution is -2.37. The molecule has 1 aliphatic rings. The molecule has 0 aromatic rings. The molecule has 0 atom stereocenters. The van der Waals surface area contributed by atoms with Crippen LogP contribution in [0.4, 0.5) is 0 Å². The van der Waals surface area contributed by atoms with Crippen molar-refractivity contribution in [2.45, 2.75) is 25.9 Å². The minimum atomic E-state index is -0.109. The third-order valence-electron chi connectivity index (χ3n) is 2.14. The van der Waals surface area contributed by atoms with E-state index >= 15 is 0 Å². The monoisotopic (exact) mass is 234 g/mol. The van der Waals surface area contributed by atoms with Crippen molar-refractivity contribution in [3.05, 3.63) is 0 Å². The lowest BCUT2D eigenvalue weighted by Gasteiger charge is -2.33. The molecule has 1 fully saturated rings. The Kier molecular flexibility index (Phi) is 4.68. The molecule has 0 aromatic carbocycles. The van der Waals surface area contributed by atoms with Gasteiger partial charge in [-0.1, -0.05) is 11.8 Å². The van der Waals surface area contributed by atoms with Gasteiger partial charge in [0.15, 0.2) is 0 Å². The van der Waals surface area contributed by atoms with Crippen molar-refractivity contribution >= 4 is 34.3 Å². The van der Waals surface area contributed by atoms with Gasteiger partial charge < -0.3 is 9.47 Å². The highest BCUT2D eigenvalue weighted by atomic mass is 32.2. The van der Waals surface area contributed by atoms with E-state index in [-0.39, 0.29) is 18.0 Å². The average Bonchev–Trinajstić information content (AvgIpc) is 2.10. The van der Waals surface area contributed by atoms with Gasteiger partial charge in [-0.25, -0.2) is 0 Å². The molecule has 0 N–H and O–H groups in total. The van der Waals surface area contributed by atoms with Crippen molar-refractivity contribution in [2.24, 2.45) is 5.92 Å². The van der Waals surface area contributed by atoms with E-state index in [9.17, 15) is 4.79 Å². The van der Waals surface area contributed by atoms with Crippen molar-refractivity contribution in [1.82, 2.24) is 0 Å². The van der Waals surface area contributed by atoms with Crippen molar-refractivity contribution in [3.63, 3.8) is 0 Å². The second kappa shape index (κ2) is 5.56. The van der Waals surface area contributed by atoms with Crippen LogP contribution in [0.5, 0.6) is 0 Å². The maximum atomic E-state index is 11.2. The van der Waals surface area contributed by atoms with Gasteiger partial charge in [0, 0.05) is 0 Å². The fourth-order valence-corrected chi connectivity index (χ4v) is 1.67. The largest absolute Gasteiger partial charge is 0.475 e. The van der Waals surface area contributed by atoms with Crippen LogP contribution >= 0.6 is 24.0 Å². The maximum absolute atomic E-state index is 11.2. The van der Waals surface area contributed by atoms with E-state index in [4.69, 9.17) is 21.7 Å². The fourth-order valence-electron chi connectivity index (χ4n) is 1.30. The molecule has 0 spiro atoms. The predicted molar refractivity (Wildman–Crippen MR) is 60.3 cm³/mol. The topological polar surface area (TPSA) is 35.5 Å². The van der Waals surface area contributed by atoms with Crippen LogP contribution in [0, 0.1) is 5.92 Å². The van der Waals surface area contributed by atoms with E-state index in [1.54, 1.807) is 0 Å². The number of ether oxygens (including phenoxy) is 2. The summed E-state index contributed by atoms with van der Waals surface area (Å²) in [6, 6.07) is 0. The standard InChI is InChI=1S/C9H14O3S2/c1-3-11-8(10)6-4-7(5-6)12-9(13)14-2/h6-7H,3-5H2,1-2H3/t6-,7-. The number of carbonyl (C=O) groups excluding carboxylic acids is 1. The summed E-state index contributed by atoms with van der Waals surface area (Å²) >= 11 is 6.33. The number of rotatable bonds is 3. The molecule has 0 saturated heterocycles. The molecule has 14 heavy (non-hydrogen) atoms. The average molecular weight is 234 g/mol. The van der Waals surface area contributed by atoms with Crippen LogP contribution in [-0.4, -0.2) is 29.3 Å². The first-order chi connectivity index (χ1) is 6.67. The minimum absolute atomic E-state index is 0.0182. The van der Waals surface area contributed by atoms with Gasteiger partial charge in [0.2, 0.25) is 4.38 Å². The molecule has 0 bridgehead atoms. The number of thiocarbonyl (C=S) groups is 1. The number of thioether (sulfide) groups is 1. The van der Waals surface area contributed by atoms with Crippen LogP contribution in [-0.2, 0) is 14.3 Å². The maximum Gasteiger partial charge on any atom is 0.309 e. The molecule has 0 radical (unpaired) electrons.